The lowest BCUT2D eigenvalue weighted by Crippen LogP contribution is -2.01. The lowest BCUT2D eigenvalue weighted by molar-refractivity contribution is 0.628. The van der Waals surface area contributed by atoms with E-state index in [1.165, 1.54) is 12.1 Å². The second-order valence-corrected chi connectivity index (χ2v) is 6.58. The van der Waals surface area contributed by atoms with E-state index < -0.39 is 0 Å². The molecular weight excluding hydrogens is 318 g/mol. The van der Waals surface area contributed by atoms with Crippen LogP contribution < -0.4 is 0 Å². The second-order valence-electron chi connectivity index (χ2n) is 4.55. The molecule has 1 unspecified atom stereocenters. The number of halogens is 3. The van der Waals surface area contributed by atoms with Crippen LogP contribution in [0.4, 0.5) is 4.39 Å². The molecule has 0 N–H and O–H groups in total. The Morgan fingerprint density at radius 2 is 1.95 bits per heavy atom. The second kappa shape index (κ2) is 5.88. The minimum absolute atomic E-state index is 0.256. The number of nitrogens with zero attached hydrogens (tertiary/aromatic N) is 2. The average Bonchev–Trinajstić information content (AvgIpc) is 2.91. The summed E-state index contributed by atoms with van der Waals surface area (Å²) in [5.74, 6) is 1.43. The van der Waals surface area contributed by atoms with Crippen LogP contribution in [0.5, 0.6) is 0 Å². The Morgan fingerprint density at radius 3 is 2.55 bits per heavy atom. The van der Waals surface area contributed by atoms with Crippen molar-refractivity contribution in [1.29, 1.82) is 0 Å². The van der Waals surface area contributed by atoms with E-state index in [4.69, 9.17) is 23.2 Å². The van der Waals surface area contributed by atoms with Crippen LogP contribution in [0.1, 0.15) is 23.9 Å². The quantitative estimate of drug-likeness (QED) is 0.712. The fourth-order valence-electron chi connectivity index (χ4n) is 2.23. The molecule has 20 heavy (non-hydrogen) atoms. The number of thioether (sulfide) groups is 1. The van der Waals surface area contributed by atoms with Crippen molar-refractivity contribution in [3.8, 4) is 11.1 Å². The molecule has 1 aliphatic rings. The summed E-state index contributed by atoms with van der Waals surface area (Å²) in [6.07, 6.45) is 2.19. The normalized spacial score (nSPS) is 18.4. The van der Waals surface area contributed by atoms with Crippen LogP contribution in [0.15, 0.2) is 24.3 Å². The molecule has 1 atom stereocenters. The standard InChI is InChI=1S/C14H11Cl2FN2S/c15-12-11(8-3-1-4-9(17)7-8)13(16)19-14(18-12)10-5-2-6-20-10/h1,3-4,7,10H,2,5-6H2. The third-order valence-electron chi connectivity index (χ3n) is 3.17. The highest BCUT2D eigenvalue weighted by atomic mass is 35.5. The van der Waals surface area contributed by atoms with E-state index in [0.717, 1.165) is 18.6 Å². The molecule has 1 aromatic carbocycles. The minimum atomic E-state index is -0.343. The van der Waals surface area contributed by atoms with Crippen LogP contribution in [-0.4, -0.2) is 15.7 Å². The Balaban J connectivity index is 2.04. The third kappa shape index (κ3) is 2.78. The van der Waals surface area contributed by atoms with Gasteiger partial charge in [0.15, 0.2) is 0 Å². The molecule has 1 aromatic heterocycles. The van der Waals surface area contributed by atoms with Gasteiger partial charge in [0.2, 0.25) is 0 Å². The molecule has 0 radical (unpaired) electrons. The number of rotatable bonds is 2. The van der Waals surface area contributed by atoms with Crippen molar-refractivity contribution in [3.05, 3.63) is 46.2 Å². The molecule has 2 heterocycles. The highest BCUT2D eigenvalue weighted by Gasteiger charge is 2.23. The molecule has 0 amide bonds. The van der Waals surface area contributed by atoms with Crippen molar-refractivity contribution in [2.45, 2.75) is 18.1 Å². The first-order valence-corrected chi connectivity index (χ1v) is 8.06. The van der Waals surface area contributed by atoms with Crippen LogP contribution in [0.25, 0.3) is 11.1 Å². The predicted octanol–water partition coefficient (Wildman–Crippen LogP) is 5.16. The van der Waals surface area contributed by atoms with Gasteiger partial charge in [-0.2, -0.15) is 11.8 Å². The lowest BCUT2D eigenvalue weighted by atomic mass is 10.1. The molecular formula is C14H11Cl2FN2S. The first kappa shape index (κ1) is 14.1. The van der Waals surface area contributed by atoms with Gasteiger partial charge in [0.1, 0.15) is 21.9 Å². The van der Waals surface area contributed by atoms with Gasteiger partial charge in [-0.15, -0.1) is 0 Å². The van der Waals surface area contributed by atoms with Crippen LogP contribution in [0.2, 0.25) is 10.3 Å². The van der Waals surface area contributed by atoms with Gasteiger partial charge in [0.25, 0.3) is 0 Å². The molecule has 0 bridgehead atoms. The van der Waals surface area contributed by atoms with Crippen LogP contribution in [0.3, 0.4) is 0 Å². The number of hydrogen-bond donors (Lipinski definition) is 0. The largest absolute Gasteiger partial charge is 0.219 e. The molecule has 3 rings (SSSR count). The highest BCUT2D eigenvalue weighted by molar-refractivity contribution is 7.99. The van der Waals surface area contributed by atoms with Gasteiger partial charge in [-0.25, -0.2) is 14.4 Å². The highest BCUT2D eigenvalue weighted by Crippen LogP contribution is 2.41. The molecule has 0 saturated carbocycles. The van der Waals surface area contributed by atoms with Gasteiger partial charge >= 0.3 is 0 Å². The van der Waals surface area contributed by atoms with Gasteiger partial charge in [-0.3, -0.25) is 0 Å². The molecule has 1 saturated heterocycles. The molecule has 104 valence electrons. The zero-order valence-electron chi connectivity index (χ0n) is 10.4. The maximum atomic E-state index is 13.3. The molecule has 2 aromatic rings. The Bertz CT molecular complexity index is 622. The Hall–Kier alpha value is -0.840. The zero-order valence-corrected chi connectivity index (χ0v) is 12.8. The molecule has 6 heteroatoms. The summed E-state index contributed by atoms with van der Waals surface area (Å²) in [6.45, 7) is 0. The maximum Gasteiger partial charge on any atom is 0.144 e. The maximum absolute atomic E-state index is 13.3. The first-order valence-electron chi connectivity index (χ1n) is 6.25. The van der Waals surface area contributed by atoms with E-state index >= 15 is 0 Å². The summed E-state index contributed by atoms with van der Waals surface area (Å²) in [4.78, 5) is 8.70. The summed E-state index contributed by atoms with van der Waals surface area (Å²) in [5.41, 5.74) is 1.07. The van der Waals surface area contributed by atoms with Crippen molar-refractivity contribution >= 4 is 35.0 Å². The predicted molar refractivity (Wildman–Crippen MR) is 81.9 cm³/mol. The van der Waals surface area contributed by atoms with Crippen molar-refractivity contribution in [1.82, 2.24) is 9.97 Å². The molecule has 1 aliphatic heterocycles. The van der Waals surface area contributed by atoms with E-state index in [-0.39, 0.29) is 21.4 Å². The zero-order chi connectivity index (χ0) is 14.1. The SMILES string of the molecule is Fc1cccc(-c2c(Cl)nc(C3CCCS3)nc2Cl)c1. The number of benzene rings is 1. The van der Waals surface area contributed by atoms with Crippen molar-refractivity contribution < 1.29 is 4.39 Å². The van der Waals surface area contributed by atoms with E-state index in [1.807, 2.05) is 11.8 Å². The van der Waals surface area contributed by atoms with Crippen LogP contribution in [0, 0.1) is 5.82 Å². The molecule has 2 nitrogen and oxygen atoms in total. The summed E-state index contributed by atoms with van der Waals surface area (Å²) in [7, 11) is 0. The summed E-state index contributed by atoms with van der Waals surface area (Å²) < 4.78 is 13.3. The fourth-order valence-corrected chi connectivity index (χ4v) is 4.05. The van der Waals surface area contributed by atoms with Crippen LogP contribution in [-0.2, 0) is 0 Å². The molecule has 0 aliphatic carbocycles. The van der Waals surface area contributed by atoms with E-state index in [1.54, 1.807) is 12.1 Å². The Labute approximate surface area is 130 Å². The van der Waals surface area contributed by atoms with E-state index in [2.05, 4.69) is 9.97 Å². The van der Waals surface area contributed by atoms with Crippen LogP contribution >= 0.6 is 35.0 Å². The molecule has 1 fully saturated rings. The van der Waals surface area contributed by atoms with E-state index in [0.29, 0.717) is 17.0 Å². The molecule has 0 spiro atoms. The third-order valence-corrected chi connectivity index (χ3v) is 5.09. The topological polar surface area (TPSA) is 25.8 Å². The minimum Gasteiger partial charge on any atom is -0.219 e. The van der Waals surface area contributed by atoms with Crippen molar-refractivity contribution in [2.24, 2.45) is 0 Å². The van der Waals surface area contributed by atoms with Gasteiger partial charge in [-0.05, 0) is 36.3 Å². The summed E-state index contributed by atoms with van der Waals surface area (Å²) in [5, 5.41) is 0.808. The van der Waals surface area contributed by atoms with Gasteiger partial charge in [0, 0.05) is 0 Å². The first-order chi connectivity index (χ1) is 9.65. The van der Waals surface area contributed by atoms with Crippen molar-refractivity contribution in [3.63, 3.8) is 0 Å². The van der Waals surface area contributed by atoms with Gasteiger partial charge < -0.3 is 0 Å². The van der Waals surface area contributed by atoms with Crippen molar-refractivity contribution in [2.75, 3.05) is 5.75 Å². The smallest absolute Gasteiger partial charge is 0.144 e. The fraction of sp³-hybridized carbons (Fsp3) is 0.286. The van der Waals surface area contributed by atoms with Gasteiger partial charge in [0.05, 0.1) is 10.8 Å². The van der Waals surface area contributed by atoms with E-state index in [9.17, 15) is 4.39 Å². The Morgan fingerprint density at radius 1 is 1.20 bits per heavy atom. The number of hydrogen-bond acceptors (Lipinski definition) is 3. The Kier molecular flexibility index (Phi) is 4.15. The number of aromatic nitrogens is 2. The monoisotopic (exact) mass is 328 g/mol. The summed E-state index contributed by atoms with van der Waals surface area (Å²) >= 11 is 14.3. The summed E-state index contributed by atoms with van der Waals surface area (Å²) in [6, 6.07) is 6.09. The lowest BCUT2D eigenvalue weighted by Gasteiger charge is -2.11. The average molecular weight is 329 g/mol. The van der Waals surface area contributed by atoms with Gasteiger partial charge in [-0.1, -0.05) is 35.3 Å².